The molecule has 0 atom stereocenters. The van der Waals surface area contributed by atoms with E-state index in [1.54, 1.807) is 38.5 Å². The molecule has 0 fully saturated rings. The number of sulfonamides is 1. The standard InChI is InChI=1S/C22H22BrNO4S/c1-27-20-9-3-17(4-10-20)15-24(16-18-5-11-21(28-2)12-6-18)29(25,26)22-13-7-19(23)8-14-22/h3-14H,15-16H2,1-2H3. The first-order chi connectivity index (χ1) is 13.9. The molecule has 0 radical (unpaired) electrons. The Morgan fingerprint density at radius 3 is 1.52 bits per heavy atom. The first-order valence-corrected chi connectivity index (χ1v) is 11.2. The van der Waals surface area contributed by atoms with Crippen molar-refractivity contribution in [1.82, 2.24) is 4.31 Å². The van der Waals surface area contributed by atoms with E-state index in [1.165, 1.54) is 4.31 Å². The molecule has 0 N–H and O–H groups in total. The summed E-state index contributed by atoms with van der Waals surface area (Å²) in [6, 6.07) is 21.5. The van der Waals surface area contributed by atoms with Gasteiger partial charge in [-0.2, -0.15) is 4.31 Å². The summed E-state index contributed by atoms with van der Waals surface area (Å²) >= 11 is 3.35. The van der Waals surface area contributed by atoms with E-state index in [9.17, 15) is 8.42 Å². The molecular weight excluding hydrogens is 454 g/mol. The van der Waals surface area contributed by atoms with Crippen LogP contribution in [0.2, 0.25) is 0 Å². The Kier molecular flexibility index (Phi) is 6.95. The minimum Gasteiger partial charge on any atom is -0.497 e. The average molecular weight is 476 g/mol. The molecule has 0 saturated heterocycles. The van der Waals surface area contributed by atoms with Crippen molar-refractivity contribution in [1.29, 1.82) is 0 Å². The predicted octanol–water partition coefficient (Wildman–Crippen LogP) is 4.86. The van der Waals surface area contributed by atoms with Gasteiger partial charge in [-0.3, -0.25) is 0 Å². The molecule has 0 amide bonds. The normalized spacial score (nSPS) is 11.4. The monoisotopic (exact) mass is 475 g/mol. The summed E-state index contributed by atoms with van der Waals surface area (Å²) in [6.07, 6.45) is 0. The van der Waals surface area contributed by atoms with Crippen LogP contribution in [0.5, 0.6) is 11.5 Å². The van der Waals surface area contributed by atoms with Crippen molar-refractivity contribution in [2.45, 2.75) is 18.0 Å². The third-order valence-electron chi connectivity index (χ3n) is 4.49. The van der Waals surface area contributed by atoms with Crippen LogP contribution in [0.1, 0.15) is 11.1 Å². The van der Waals surface area contributed by atoms with Crippen LogP contribution in [0, 0.1) is 0 Å². The fourth-order valence-corrected chi connectivity index (χ4v) is 4.53. The average Bonchev–Trinajstić information content (AvgIpc) is 2.74. The Bertz CT molecular complexity index is 984. The number of rotatable bonds is 8. The molecule has 0 aliphatic carbocycles. The predicted molar refractivity (Wildman–Crippen MR) is 117 cm³/mol. The second kappa shape index (κ2) is 9.43. The largest absolute Gasteiger partial charge is 0.497 e. The molecule has 3 aromatic carbocycles. The third-order valence-corrected chi connectivity index (χ3v) is 6.82. The van der Waals surface area contributed by atoms with Crippen molar-refractivity contribution < 1.29 is 17.9 Å². The number of hydrogen-bond donors (Lipinski definition) is 0. The van der Waals surface area contributed by atoms with E-state index >= 15 is 0 Å². The molecule has 3 aromatic rings. The van der Waals surface area contributed by atoms with Gasteiger partial charge in [-0.05, 0) is 59.7 Å². The maximum atomic E-state index is 13.4. The van der Waals surface area contributed by atoms with E-state index in [2.05, 4.69) is 15.9 Å². The Morgan fingerprint density at radius 1 is 0.724 bits per heavy atom. The van der Waals surface area contributed by atoms with Crippen LogP contribution in [0.25, 0.3) is 0 Å². The molecule has 0 bridgehead atoms. The summed E-state index contributed by atoms with van der Waals surface area (Å²) in [6.45, 7) is 0.489. The smallest absolute Gasteiger partial charge is 0.243 e. The van der Waals surface area contributed by atoms with Gasteiger partial charge in [0.25, 0.3) is 0 Å². The zero-order valence-electron chi connectivity index (χ0n) is 16.2. The van der Waals surface area contributed by atoms with E-state index in [0.29, 0.717) is 0 Å². The fraction of sp³-hybridized carbons (Fsp3) is 0.182. The van der Waals surface area contributed by atoms with Gasteiger partial charge in [0.1, 0.15) is 11.5 Å². The highest BCUT2D eigenvalue weighted by Gasteiger charge is 2.25. The van der Waals surface area contributed by atoms with Crippen LogP contribution in [-0.2, 0) is 23.1 Å². The highest BCUT2D eigenvalue weighted by molar-refractivity contribution is 9.10. The first-order valence-electron chi connectivity index (χ1n) is 8.94. The molecule has 0 heterocycles. The lowest BCUT2D eigenvalue weighted by Crippen LogP contribution is -2.30. The molecule has 0 aliphatic heterocycles. The number of benzene rings is 3. The Morgan fingerprint density at radius 2 is 1.14 bits per heavy atom. The van der Waals surface area contributed by atoms with Gasteiger partial charge in [0.05, 0.1) is 19.1 Å². The zero-order chi connectivity index (χ0) is 20.9. The van der Waals surface area contributed by atoms with Crippen LogP contribution >= 0.6 is 15.9 Å². The Balaban J connectivity index is 1.93. The lowest BCUT2D eigenvalue weighted by Gasteiger charge is -2.23. The Labute approximate surface area is 180 Å². The van der Waals surface area contributed by atoms with Crippen molar-refractivity contribution in [3.05, 3.63) is 88.4 Å². The van der Waals surface area contributed by atoms with Gasteiger partial charge in [0.15, 0.2) is 0 Å². The number of hydrogen-bond acceptors (Lipinski definition) is 4. The second-order valence-electron chi connectivity index (χ2n) is 6.42. The zero-order valence-corrected chi connectivity index (χ0v) is 18.6. The number of methoxy groups -OCH3 is 2. The molecule has 152 valence electrons. The number of nitrogens with zero attached hydrogens (tertiary/aromatic N) is 1. The van der Waals surface area contributed by atoms with Crippen molar-refractivity contribution >= 4 is 26.0 Å². The maximum absolute atomic E-state index is 13.4. The van der Waals surface area contributed by atoms with Gasteiger partial charge in [-0.15, -0.1) is 0 Å². The van der Waals surface area contributed by atoms with Gasteiger partial charge < -0.3 is 9.47 Å². The summed E-state index contributed by atoms with van der Waals surface area (Å²) in [7, 11) is -0.495. The van der Waals surface area contributed by atoms with Gasteiger partial charge in [0.2, 0.25) is 10.0 Å². The fourth-order valence-electron chi connectivity index (χ4n) is 2.85. The molecule has 0 saturated carbocycles. The summed E-state index contributed by atoms with van der Waals surface area (Å²) in [5.41, 5.74) is 1.75. The quantitative estimate of drug-likeness (QED) is 0.466. The lowest BCUT2D eigenvalue weighted by molar-refractivity contribution is 0.397. The molecular formula is C22H22BrNO4S. The highest BCUT2D eigenvalue weighted by Crippen LogP contribution is 2.24. The van der Waals surface area contributed by atoms with Crippen molar-refractivity contribution in [3.63, 3.8) is 0 Å². The van der Waals surface area contributed by atoms with Gasteiger partial charge in [0, 0.05) is 17.6 Å². The van der Waals surface area contributed by atoms with Crippen molar-refractivity contribution in [2.24, 2.45) is 0 Å². The van der Waals surface area contributed by atoms with Crippen LogP contribution < -0.4 is 9.47 Å². The molecule has 29 heavy (non-hydrogen) atoms. The van der Waals surface area contributed by atoms with Gasteiger partial charge >= 0.3 is 0 Å². The number of ether oxygens (including phenoxy) is 2. The van der Waals surface area contributed by atoms with E-state index in [-0.39, 0.29) is 18.0 Å². The van der Waals surface area contributed by atoms with E-state index in [4.69, 9.17) is 9.47 Å². The summed E-state index contributed by atoms with van der Waals surface area (Å²) < 4.78 is 39.4. The third kappa shape index (κ3) is 5.38. The number of halogens is 1. The van der Waals surface area contributed by atoms with Gasteiger partial charge in [-0.1, -0.05) is 40.2 Å². The van der Waals surface area contributed by atoms with E-state index in [1.807, 2.05) is 48.5 Å². The van der Waals surface area contributed by atoms with Gasteiger partial charge in [-0.25, -0.2) is 8.42 Å². The van der Waals surface area contributed by atoms with E-state index < -0.39 is 10.0 Å². The van der Waals surface area contributed by atoms with Crippen LogP contribution in [-0.4, -0.2) is 26.9 Å². The summed E-state index contributed by atoms with van der Waals surface area (Å²) in [5, 5.41) is 0. The molecule has 5 nitrogen and oxygen atoms in total. The molecule has 0 aliphatic rings. The van der Waals surface area contributed by atoms with Crippen molar-refractivity contribution in [3.8, 4) is 11.5 Å². The maximum Gasteiger partial charge on any atom is 0.243 e. The summed E-state index contributed by atoms with van der Waals surface area (Å²) in [4.78, 5) is 0.253. The molecule has 3 rings (SSSR count). The molecule has 7 heteroatoms. The minimum atomic E-state index is -3.70. The summed E-state index contributed by atoms with van der Waals surface area (Å²) in [5.74, 6) is 1.46. The Hall–Kier alpha value is -2.35. The minimum absolute atomic E-state index is 0.244. The molecule has 0 spiro atoms. The van der Waals surface area contributed by atoms with E-state index in [0.717, 1.165) is 27.1 Å². The van der Waals surface area contributed by atoms with Crippen LogP contribution in [0.3, 0.4) is 0 Å². The topological polar surface area (TPSA) is 55.8 Å². The first kappa shape index (κ1) is 21.4. The molecule has 0 unspecified atom stereocenters. The second-order valence-corrected chi connectivity index (χ2v) is 9.28. The van der Waals surface area contributed by atoms with Crippen LogP contribution in [0.15, 0.2) is 82.2 Å². The SMILES string of the molecule is COc1ccc(CN(Cc2ccc(OC)cc2)S(=O)(=O)c2ccc(Br)cc2)cc1. The lowest BCUT2D eigenvalue weighted by atomic mass is 10.2. The van der Waals surface area contributed by atoms with Crippen LogP contribution in [0.4, 0.5) is 0 Å². The van der Waals surface area contributed by atoms with Crippen molar-refractivity contribution in [2.75, 3.05) is 14.2 Å². The highest BCUT2D eigenvalue weighted by atomic mass is 79.9. The molecule has 0 aromatic heterocycles.